The highest BCUT2D eigenvalue weighted by Gasteiger charge is 2.21. The van der Waals surface area contributed by atoms with E-state index < -0.39 is 0 Å². The van der Waals surface area contributed by atoms with Crippen molar-refractivity contribution in [1.29, 1.82) is 0 Å². The molecule has 0 spiro atoms. The summed E-state index contributed by atoms with van der Waals surface area (Å²) >= 11 is 0. The summed E-state index contributed by atoms with van der Waals surface area (Å²) in [7, 11) is 0. The molecule has 0 fully saturated rings. The van der Waals surface area contributed by atoms with Gasteiger partial charge in [0.05, 0.1) is 22.2 Å². The van der Waals surface area contributed by atoms with Gasteiger partial charge >= 0.3 is 0 Å². The normalized spacial score (nSPS) is 12.1. The maximum Gasteiger partial charge on any atom is 0.235 e. The molecule has 0 radical (unpaired) electrons. The van der Waals surface area contributed by atoms with Crippen LogP contribution in [0, 0.1) is 0 Å². The Bertz CT molecular complexity index is 2790. The molecule has 0 aliphatic heterocycles. The van der Waals surface area contributed by atoms with Crippen molar-refractivity contribution in [2.75, 3.05) is 0 Å². The van der Waals surface area contributed by atoms with E-state index in [1.54, 1.807) is 0 Å². The molecule has 204 valence electrons. The topological polar surface area (TPSA) is 43.9 Å². The Hall–Kier alpha value is -6.00. The van der Waals surface area contributed by atoms with Crippen LogP contribution in [0.5, 0.6) is 0 Å². The van der Waals surface area contributed by atoms with Gasteiger partial charge in [0.1, 0.15) is 11.2 Å². The zero-order valence-electron chi connectivity index (χ0n) is 23.5. The Labute approximate surface area is 251 Å². The molecule has 0 aliphatic carbocycles. The molecule has 44 heavy (non-hydrogen) atoms. The van der Waals surface area contributed by atoms with Crippen LogP contribution in [-0.4, -0.2) is 14.5 Å². The molecule has 0 aliphatic rings. The van der Waals surface area contributed by atoms with Gasteiger partial charge in [-0.3, -0.25) is 4.57 Å². The lowest BCUT2D eigenvalue weighted by molar-refractivity contribution is 0.670. The lowest BCUT2D eigenvalue weighted by Gasteiger charge is -2.12. The number of nitrogens with zero attached hydrogens (tertiary/aromatic N) is 3. The van der Waals surface area contributed by atoms with Crippen LogP contribution in [0.2, 0.25) is 0 Å². The molecule has 10 aromatic rings. The largest absolute Gasteiger partial charge is 0.455 e. The number of aromatic nitrogens is 3. The second kappa shape index (κ2) is 8.76. The molecule has 0 N–H and O–H groups in total. The average Bonchev–Trinajstić information content (AvgIpc) is 3.64. The summed E-state index contributed by atoms with van der Waals surface area (Å²) in [6, 6.07) is 48.8. The Morgan fingerprint density at radius 2 is 1.11 bits per heavy atom. The standard InChI is InChI=1S/C40H23N3O/c1-3-12-26-24(10-1)20-22-34-36(26)29-15-6-8-19-33(29)43(34)40-41-32-18-7-5-14-28(32)38(42-40)31-17-9-16-30-37-27-13-4-2-11-25(27)21-23-35(37)44-39(30)31/h1-23H. The quantitative estimate of drug-likeness (QED) is 0.211. The fourth-order valence-electron chi connectivity index (χ4n) is 7.08. The molecular formula is C40H23N3O. The smallest absolute Gasteiger partial charge is 0.235 e. The minimum Gasteiger partial charge on any atom is -0.455 e. The summed E-state index contributed by atoms with van der Waals surface area (Å²) in [5.74, 6) is 0.638. The molecule has 0 saturated heterocycles. The fraction of sp³-hybridized carbons (Fsp3) is 0. The first-order chi connectivity index (χ1) is 21.8. The zero-order valence-corrected chi connectivity index (χ0v) is 23.5. The van der Waals surface area contributed by atoms with Gasteiger partial charge in [0.15, 0.2) is 0 Å². The third-order valence-electron chi connectivity index (χ3n) is 9.00. The summed E-state index contributed by atoms with van der Waals surface area (Å²) in [5, 5.41) is 10.4. The highest BCUT2D eigenvalue weighted by atomic mass is 16.3. The first-order valence-electron chi connectivity index (χ1n) is 14.8. The SMILES string of the molecule is c1ccc2c(c1)ccc1oc3c(-c4nc(-n5c6ccccc6c6c7ccccc7ccc65)nc5ccccc45)cccc3c12. The average molecular weight is 562 g/mol. The summed E-state index contributed by atoms with van der Waals surface area (Å²) in [6.07, 6.45) is 0. The highest BCUT2D eigenvalue weighted by Crippen LogP contribution is 2.41. The predicted molar refractivity (Wildman–Crippen MR) is 182 cm³/mol. The van der Waals surface area contributed by atoms with E-state index in [0.717, 1.165) is 55.1 Å². The molecule has 10 rings (SSSR count). The van der Waals surface area contributed by atoms with Crippen molar-refractivity contribution in [3.05, 3.63) is 140 Å². The maximum absolute atomic E-state index is 6.65. The van der Waals surface area contributed by atoms with Gasteiger partial charge in [0, 0.05) is 32.5 Å². The molecule has 3 heterocycles. The molecule has 3 aromatic heterocycles. The molecule has 0 atom stereocenters. The lowest BCUT2D eigenvalue weighted by Crippen LogP contribution is -2.03. The Kier molecular flexibility index (Phi) is 4.69. The van der Waals surface area contributed by atoms with Gasteiger partial charge in [-0.05, 0) is 51.9 Å². The van der Waals surface area contributed by atoms with Crippen molar-refractivity contribution in [2.45, 2.75) is 0 Å². The summed E-state index contributed by atoms with van der Waals surface area (Å²) in [5.41, 5.74) is 6.56. The molecule has 7 aromatic carbocycles. The van der Waals surface area contributed by atoms with E-state index in [0.29, 0.717) is 5.95 Å². The number of furan rings is 1. The molecular weight excluding hydrogens is 538 g/mol. The van der Waals surface area contributed by atoms with Crippen molar-refractivity contribution in [2.24, 2.45) is 0 Å². The molecule has 0 saturated carbocycles. The Morgan fingerprint density at radius 3 is 1.95 bits per heavy atom. The third-order valence-corrected chi connectivity index (χ3v) is 9.00. The monoisotopic (exact) mass is 561 g/mol. The molecule has 4 heteroatoms. The Balaban J connectivity index is 1.32. The van der Waals surface area contributed by atoms with Crippen LogP contribution in [-0.2, 0) is 0 Å². The first kappa shape index (κ1) is 23.6. The van der Waals surface area contributed by atoms with Crippen LogP contribution in [0.3, 0.4) is 0 Å². The molecule has 4 nitrogen and oxygen atoms in total. The second-order valence-corrected chi connectivity index (χ2v) is 11.4. The summed E-state index contributed by atoms with van der Waals surface area (Å²) in [4.78, 5) is 10.5. The predicted octanol–water partition coefficient (Wildman–Crippen LogP) is 10.6. The Morgan fingerprint density at radius 1 is 0.455 bits per heavy atom. The van der Waals surface area contributed by atoms with Crippen LogP contribution in [0.15, 0.2) is 144 Å². The minimum absolute atomic E-state index is 0.638. The van der Waals surface area contributed by atoms with Crippen LogP contribution < -0.4 is 0 Å². The zero-order chi connectivity index (χ0) is 28.8. The molecule has 0 amide bonds. The first-order valence-corrected chi connectivity index (χ1v) is 14.8. The fourth-order valence-corrected chi connectivity index (χ4v) is 7.08. The van der Waals surface area contributed by atoms with Gasteiger partial charge in [-0.1, -0.05) is 109 Å². The van der Waals surface area contributed by atoms with E-state index in [2.05, 4.69) is 132 Å². The van der Waals surface area contributed by atoms with E-state index in [1.807, 2.05) is 12.1 Å². The second-order valence-electron chi connectivity index (χ2n) is 11.4. The van der Waals surface area contributed by atoms with Gasteiger partial charge in [-0.2, -0.15) is 0 Å². The third kappa shape index (κ3) is 3.17. The summed E-state index contributed by atoms with van der Waals surface area (Å²) in [6.45, 7) is 0. The van der Waals surface area contributed by atoms with Gasteiger partial charge in [0.2, 0.25) is 5.95 Å². The van der Waals surface area contributed by atoms with E-state index >= 15 is 0 Å². The van der Waals surface area contributed by atoms with E-state index in [4.69, 9.17) is 14.4 Å². The van der Waals surface area contributed by atoms with Gasteiger partial charge < -0.3 is 4.42 Å². The van der Waals surface area contributed by atoms with E-state index in [1.165, 1.54) is 32.3 Å². The van der Waals surface area contributed by atoms with Crippen molar-refractivity contribution in [1.82, 2.24) is 14.5 Å². The molecule has 0 unspecified atom stereocenters. The van der Waals surface area contributed by atoms with Crippen molar-refractivity contribution in [3.8, 4) is 17.2 Å². The van der Waals surface area contributed by atoms with Crippen LogP contribution >= 0.6 is 0 Å². The van der Waals surface area contributed by atoms with E-state index in [-0.39, 0.29) is 0 Å². The number of rotatable bonds is 2. The number of fused-ring (bicyclic) bond motifs is 11. The number of para-hydroxylation sites is 3. The molecule has 0 bridgehead atoms. The van der Waals surface area contributed by atoms with Crippen LogP contribution in [0.1, 0.15) is 0 Å². The summed E-state index contributed by atoms with van der Waals surface area (Å²) < 4.78 is 8.85. The van der Waals surface area contributed by atoms with Crippen LogP contribution in [0.25, 0.3) is 93.4 Å². The number of benzene rings is 7. The van der Waals surface area contributed by atoms with E-state index in [9.17, 15) is 0 Å². The lowest BCUT2D eigenvalue weighted by atomic mass is 10.0. The number of hydrogen-bond donors (Lipinski definition) is 0. The van der Waals surface area contributed by atoms with Crippen molar-refractivity contribution < 1.29 is 4.42 Å². The van der Waals surface area contributed by atoms with Crippen molar-refractivity contribution >= 4 is 76.2 Å². The van der Waals surface area contributed by atoms with Gasteiger partial charge in [-0.25, -0.2) is 9.97 Å². The van der Waals surface area contributed by atoms with Gasteiger partial charge in [0.25, 0.3) is 0 Å². The van der Waals surface area contributed by atoms with Gasteiger partial charge in [-0.15, -0.1) is 0 Å². The number of hydrogen-bond acceptors (Lipinski definition) is 3. The minimum atomic E-state index is 0.638. The van der Waals surface area contributed by atoms with Crippen molar-refractivity contribution in [3.63, 3.8) is 0 Å². The van der Waals surface area contributed by atoms with Crippen LogP contribution in [0.4, 0.5) is 0 Å². The maximum atomic E-state index is 6.65. The highest BCUT2D eigenvalue weighted by molar-refractivity contribution is 6.22.